The molecule has 0 aliphatic heterocycles. The molecule has 0 heterocycles. The van der Waals surface area contributed by atoms with Gasteiger partial charge in [-0.1, -0.05) is 0 Å². The van der Waals surface area contributed by atoms with Crippen molar-refractivity contribution >= 4 is 5.97 Å². The van der Waals surface area contributed by atoms with E-state index in [0.29, 0.717) is 0 Å². The minimum Gasteiger partial charge on any atom is -0.468 e. The van der Waals surface area contributed by atoms with E-state index in [9.17, 15) is 4.79 Å². The van der Waals surface area contributed by atoms with Gasteiger partial charge >= 0.3 is 5.97 Å². The fourth-order valence-electron chi connectivity index (χ4n) is 0.701. The number of carbonyl (C=O) groups is 1. The van der Waals surface area contributed by atoms with Crippen molar-refractivity contribution < 1.29 is 9.53 Å². The zero-order chi connectivity index (χ0) is 10.5. The highest BCUT2D eigenvalue weighted by molar-refractivity contribution is 5.71. The second-order valence-electron chi connectivity index (χ2n) is 3.89. The lowest BCUT2D eigenvalue weighted by atomic mass is 10.0. The van der Waals surface area contributed by atoms with Crippen LogP contribution in [0.25, 0.3) is 0 Å². The van der Waals surface area contributed by atoms with Crippen LogP contribution in [0.1, 0.15) is 13.8 Å². The fraction of sp³-hybridized carbons (Fsp3) is 0.889. The molecule has 0 aliphatic rings. The summed E-state index contributed by atoms with van der Waals surface area (Å²) in [6.07, 6.45) is 0. The highest BCUT2D eigenvalue weighted by Crippen LogP contribution is 2.07. The molecule has 13 heavy (non-hydrogen) atoms. The van der Waals surface area contributed by atoms with Crippen LogP contribution in [0.5, 0.6) is 0 Å². The minimum absolute atomic E-state index is 0.0496. The zero-order valence-electron chi connectivity index (χ0n) is 9.18. The van der Waals surface area contributed by atoms with Crippen LogP contribution < -0.4 is 5.32 Å². The van der Waals surface area contributed by atoms with E-state index in [1.807, 2.05) is 14.1 Å². The van der Waals surface area contributed by atoms with Crippen molar-refractivity contribution in [3.8, 4) is 0 Å². The number of likely N-dealkylation sites (N-methyl/N-ethyl adjacent to an activating group) is 1. The van der Waals surface area contributed by atoms with Gasteiger partial charge in [-0.15, -0.1) is 0 Å². The van der Waals surface area contributed by atoms with Gasteiger partial charge in [-0.05, 0) is 27.9 Å². The van der Waals surface area contributed by atoms with Crippen molar-refractivity contribution in [2.75, 3.05) is 34.3 Å². The van der Waals surface area contributed by atoms with Crippen molar-refractivity contribution in [3.05, 3.63) is 0 Å². The Balaban J connectivity index is 3.70. The van der Waals surface area contributed by atoms with E-state index in [-0.39, 0.29) is 18.1 Å². The van der Waals surface area contributed by atoms with E-state index < -0.39 is 0 Å². The first kappa shape index (κ1) is 12.4. The number of rotatable bonds is 5. The van der Waals surface area contributed by atoms with Gasteiger partial charge in [0, 0.05) is 12.1 Å². The average molecular weight is 188 g/mol. The number of nitrogens with one attached hydrogen (secondary N) is 1. The lowest BCUT2D eigenvalue weighted by Crippen LogP contribution is -2.47. The maximum Gasteiger partial charge on any atom is 0.319 e. The molecule has 0 fully saturated rings. The number of methoxy groups -OCH3 is 1. The van der Waals surface area contributed by atoms with E-state index in [2.05, 4.69) is 28.8 Å². The number of nitrogens with zero attached hydrogens (tertiary/aromatic N) is 1. The number of carbonyl (C=O) groups excluding carboxylic acids is 1. The first-order valence-electron chi connectivity index (χ1n) is 4.35. The second-order valence-corrected chi connectivity index (χ2v) is 3.89. The van der Waals surface area contributed by atoms with Crippen molar-refractivity contribution in [1.82, 2.24) is 10.2 Å². The SMILES string of the molecule is COC(=O)CNCC(C)(C)N(C)C. The Labute approximate surface area is 80.2 Å². The summed E-state index contributed by atoms with van der Waals surface area (Å²) < 4.78 is 4.51. The fourth-order valence-corrected chi connectivity index (χ4v) is 0.701. The number of hydrogen-bond acceptors (Lipinski definition) is 4. The summed E-state index contributed by atoms with van der Waals surface area (Å²) in [5.74, 6) is -0.227. The molecule has 0 aromatic heterocycles. The van der Waals surface area contributed by atoms with Crippen LogP contribution in [0, 0.1) is 0 Å². The van der Waals surface area contributed by atoms with Gasteiger partial charge in [0.25, 0.3) is 0 Å². The molecule has 0 spiro atoms. The third-order valence-corrected chi connectivity index (χ3v) is 2.27. The van der Waals surface area contributed by atoms with Crippen molar-refractivity contribution in [3.63, 3.8) is 0 Å². The van der Waals surface area contributed by atoms with Gasteiger partial charge in [0.1, 0.15) is 0 Å². The monoisotopic (exact) mass is 188 g/mol. The summed E-state index contributed by atoms with van der Waals surface area (Å²) in [5, 5.41) is 3.04. The van der Waals surface area contributed by atoms with E-state index in [4.69, 9.17) is 0 Å². The Kier molecular flexibility index (Phi) is 4.95. The molecule has 4 nitrogen and oxygen atoms in total. The van der Waals surface area contributed by atoms with E-state index in [0.717, 1.165) is 6.54 Å². The summed E-state index contributed by atoms with van der Waals surface area (Å²) in [6, 6.07) is 0. The van der Waals surface area contributed by atoms with Crippen molar-refractivity contribution in [1.29, 1.82) is 0 Å². The van der Waals surface area contributed by atoms with Crippen LogP contribution in [-0.2, 0) is 9.53 Å². The van der Waals surface area contributed by atoms with E-state index >= 15 is 0 Å². The molecule has 0 aromatic rings. The summed E-state index contributed by atoms with van der Waals surface area (Å²) in [7, 11) is 5.42. The average Bonchev–Trinajstić information content (AvgIpc) is 2.03. The normalized spacial score (nSPS) is 11.8. The van der Waals surface area contributed by atoms with E-state index in [1.54, 1.807) is 0 Å². The Morgan fingerprint density at radius 2 is 2.00 bits per heavy atom. The molecular formula is C9H20N2O2. The summed E-state index contributed by atoms with van der Waals surface area (Å²) in [5.41, 5.74) is 0.0496. The van der Waals surface area contributed by atoms with Crippen LogP contribution in [0.2, 0.25) is 0 Å². The molecule has 78 valence electrons. The molecule has 0 rings (SSSR count). The molecule has 0 radical (unpaired) electrons. The standard InChI is InChI=1S/C9H20N2O2/c1-9(2,11(3)4)7-10-6-8(12)13-5/h10H,6-7H2,1-5H3. The number of ether oxygens (including phenoxy) is 1. The number of hydrogen-bond donors (Lipinski definition) is 1. The molecule has 0 bridgehead atoms. The molecule has 0 aliphatic carbocycles. The first-order chi connectivity index (χ1) is 5.90. The van der Waals surface area contributed by atoms with Gasteiger partial charge in [-0.2, -0.15) is 0 Å². The second kappa shape index (κ2) is 5.19. The Hall–Kier alpha value is -0.610. The van der Waals surface area contributed by atoms with Crippen LogP contribution in [0.15, 0.2) is 0 Å². The molecule has 4 heteroatoms. The molecule has 0 saturated heterocycles. The van der Waals surface area contributed by atoms with Crippen LogP contribution in [-0.4, -0.2) is 50.7 Å². The van der Waals surface area contributed by atoms with Gasteiger partial charge < -0.3 is 15.0 Å². The van der Waals surface area contributed by atoms with Crippen molar-refractivity contribution in [2.45, 2.75) is 19.4 Å². The molecule has 0 aromatic carbocycles. The highest BCUT2D eigenvalue weighted by atomic mass is 16.5. The quantitative estimate of drug-likeness (QED) is 0.621. The third kappa shape index (κ3) is 4.85. The maximum absolute atomic E-state index is 10.8. The largest absolute Gasteiger partial charge is 0.468 e. The Morgan fingerprint density at radius 1 is 1.46 bits per heavy atom. The molecule has 0 amide bonds. The first-order valence-corrected chi connectivity index (χ1v) is 4.35. The predicted molar refractivity (Wildman–Crippen MR) is 52.7 cm³/mol. The van der Waals surface area contributed by atoms with E-state index in [1.165, 1.54) is 7.11 Å². The lowest BCUT2D eigenvalue weighted by molar-refractivity contribution is -0.139. The summed E-state index contributed by atoms with van der Waals surface area (Å²) >= 11 is 0. The maximum atomic E-state index is 10.8. The topological polar surface area (TPSA) is 41.6 Å². The molecule has 0 saturated carbocycles. The third-order valence-electron chi connectivity index (χ3n) is 2.27. The van der Waals surface area contributed by atoms with Crippen LogP contribution in [0.4, 0.5) is 0 Å². The Bertz CT molecular complexity index is 167. The van der Waals surface area contributed by atoms with Gasteiger partial charge in [0.05, 0.1) is 13.7 Å². The van der Waals surface area contributed by atoms with Gasteiger partial charge in [-0.3, -0.25) is 4.79 Å². The minimum atomic E-state index is -0.227. The molecule has 0 atom stereocenters. The van der Waals surface area contributed by atoms with Gasteiger partial charge in [-0.25, -0.2) is 0 Å². The molecule has 1 N–H and O–H groups in total. The molecule has 0 unspecified atom stereocenters. The number of esters is 1. The summed E-state index contributed by atoms with van der Waals surface area (Å²) in [6.45, 7) is 5.25. The smallest absolute Gasteiger partial charge is 0.319 e. The predicted octanol–water partition coefficient (Wildman–Crippen LogP) is 0.0892. The zero-order valence-corrected chi connectivity index (χ0v) is 9.18. The van der Waals surface area contributed by atoms with Gasteiger partial charge in [0.2, 0.25) is 0 Å². The van der Waals surface area contributed by atoms with Crippen LogP contribution in [0.3, 0.4) is 0 Å². The van der Waals surface area contributed by atoms with Gasteiger partial charge in [0.15, 0.2) is 0 Å². The van der Waals surface area contributed by atoms with Crippen molar-refractivity contribution in [2.24, 2.45) is 0 Å². The Morgan fingerprint density at radius 3 is 2.38 bits per heavy atom. The summed E-state index contributed by atoms with van der Waals surface area (Å²) in [4.78, 5) is 12.9. The lowest BCUT2D eigenvalue weighted by Gasteiger charge is -2.32. The highest BCUT2D eigenvalue weighted by Gasteiger charge is 2.19. The van der Waals surface area contributed by atoms with Crippen LogP contribution >= 0.6 is 0 Å². The molecular weight excluding hydrogens is 168 g/mol.